The molecule has 0 spiro atoms. The lowest BCUT2D eigenvalue weighted by atomic mass is 10.2. The average Bonchev–Trinajstić information content (AvgIpc) is 2.26. The van der Waals surface area contributed by atoms with E-state index in [1.165, 1.54) is 17.0 Å². The van der Waals surface area contributed by atoms with Gasteiger partial charge in [0.1, 0.15) is 11.9 Å². The van der Waals surface area contributed by atoms with Gasteiger partial charge in [-0.2, -0.15) is 0 Å². The first-order valence-corrected chi connectivity index (χ1v) is 5.51. The number of amides is 1. The number of nitrogens with one attached hydrogen (secondary N) is 1. The monoisotopic (exact) mass is 251 g/mol. The lowest BCUT2D eigenvalue weighted by Gasteiger charge is -2.18. The minimum Gasteiger partial charge on any atom is -0.478 e. The number of aryl methyl sites for hydroxylation is 1. The number of likely N-dealkylation sites (N-methyl/N-ethyl adjacent to an activating group) is 1. The Hall–Kier alpha value is -2.11. The zero-order valence-electron chi connectivity index (χ0n) is 10.9. The number of aromatic carboxylic acids is 1. The molecule has 6 nitrogen and oxygen atoms in total. The normalized spacial score (nSPS) is 11.8. The summed E-state index contributed by atoms with van der Waals surface area (Å²) in [5, 5.41) is 11.8. The fraction of sp³-hybridized carbons (Fsp3) is 0.417. The Balaban J connectivity index is 2.91. The summed E-state index contributed by atoms with van der Waals surface area (Å²) in [6, 6.07) is 2.43. The van der Waals surface area contributed by atoms with Crippen molar-refractivity contribution in [2.45, 2.75) is 19.9 Å². The maximum Gasteiger partial charge on any atom is 0.335 e. The molecular formula is C12H17N3O3. The fourth-order valence-electron chi connectivity index (χ4n) is 1.54. The molecule has 0 aliphatic heterocycles. The topological polar surface area (TPSA) is 82.5 Å². The van der Waals surface area contributed by atoms with Crippen LogP contribution in [-0.4, -0.2) is 47.0 Å². The van der Waals surface area contributed by atoms with Crippen LogP contribution >= 0.6 is 0 Å². The molecule has 0 aliphatic carbocycles. The van der Waals surface area contributed by atoms with Gasteiger partial charge in [-0.15, -0.1) is 0 Å². The van der Waals surface area contributed by atoms with E-state index in [0.29, 0.717) is 11.5 Å². The molecule has 98 valence electrons. The summed E-state index contributed by atoms with van der Waals surface area (Å²) in [6.45, 7) is 3.41. The van der Waals surface area contributed by atoms with Crippen LogP contribution in [0.3, 0.4) is 0 Å². The maximum atomic E-state index is 11.7. The third-order valence-corrected chi connectivity index (χ3v) is 2.38. The van der Waals surface area contributed by atoms with Crippen molar-refractivity contribution in [1.82, 2.24) is 9.88 Å². The van der Waals surface area contributed by atoms with Crippen LogP contribution in [0.15, 0.2) is 12.1 Å². The van der Waals surface area contributed by atoms with E-state index in [4.69, 9.17) is 5.11 Å². The number of aromatic nitrogens is 1. The Morgan fingerprint density at radius 1 is 1.39 bits per heavy atom. The predicted octanol–water partition coefficient (Wildman–Crippen LogP) is 0.977. The zero-order chi connectivity index (χ0) is 13.9. The molecule has 0 saturated carbocycles. The summed E-state index contributed by atoms with van der Waals surface area (Å²) < 4.78 is 0. The van der Waals surface area contributed by atoms with Crippen LogP contribution < -0.4 is 5.32 Å². The van der Waals surface area contributed by atoms with Crippen LogP contribution in [0.2, 0.25) is 0 Å². The van der Waals surface area contributed by atoms with Gasteiger partial charge in [0.25, 0.3) is 0 Å². The van der Waals surface area contributed by atoms with Crippen molar-refractivity contribution in [2.24, 2.45) is 0 Å². The van der Waals surface area contributed by atoms with Crippen molar-refractivity contribution >= 4 is 17.7 Å². The summed E-state index contributed by atoms with van der Waals surface area (Å²) >= 11 is 0. The smallest absolute Gasteiger partial charge is 0.335 e. The lowest BCUT2D eigenvalue weighted by Crippen LogP contribution is -2.36. The molecule has 6 heteroatoms. The second-order valence-corrected chi connectivity index (χ2v) is 4.29. The number of carboxylic acids is 1. The second kappa shape index (κ2) is 5.48. The Bertz CT molecular complexity index is 472. The van der Waals surface area contributed by atoms with Gasteiger partial charge in [-0.25, -0.2) is 9.78 Å². The van der Waals surface area contributed by atoms with Gasteiger partial charge in [-0.3, -0.25) is 4.79 Å². The van der Waals surface area contributed by atoms with E-state index in [1.807, 2.05) is 0 Å². The van der Waals surface area contributed by atoms with Gasteiger partial charge in [0.05, 0.1) is 5.56 Å². The van der Waals surface area contributed by atoms with E-state index >= 15 is 0 Å². The minimum absolute atomic E-state index is 0.102. The summed E-state index contributed by atoms with van der Waals surface area (Å²) in [4.78, 5) is 28.2. The van der Waals surface area contributed by atoms with Crippen LogP contribution in [0.25, 0.3) is 0 Å². The fourth-order valence-corrected chi connectivity index (χ4v) is 1.54. The highest BCUT2D eigenvalue weighted by Crippen LogP contribution is 2.11. The Kier molecular flexibility index (Phi) is 4.25. The Morgan fingerprint density at radius 3 is 2.50 bits per heavy atom. The minimum atomic E-state index is -1.02. The lowest BCUT2D eigenvalue weighted by molar-refractivity contribution is -0.129. The molecule has 0 aliphatic rings. The summed E-state index contributed by atoms with van der Waals surface area (Å²) in [5.41, 5.74) is 0.733. The van der Waals surface area contributed by atoms with Gasteiger partial charge < -0.3 is 15.3 Å². The first-order chi connectivity index (χ1) is 8.31. The third kappa shape index (κ3) is 3.44. The summed E-state index contributed by atoms with van der Waals surface area (Å²) in [5.74, 6) is -0.736. The number of rotatable bonds is 4. The molecule has 0 radical (unpaired) electrons. The van der Waals surface area contributed by atoms with Gasteiger partial charge in [-0.05, 0) is 26.0 Å². The highest BCUT2D eigenvalue weighted by molar-refractivity contribution is 5.89. The molecule has 1 aromatic rings. The van der Waals surface area contributed by atoms with Gasteiger partial charge in [0.2, 0.25) is 5.91 Å². The number of pyridine rings is 1. The van der Waals surface area contributed by atoms with Crippen molar-refractivity contribution in [3.63, 3.8) is 0 Å². The van der Waals surface area contributed by atoms with Gasteiger partial charge in [-0.1, -0.05) is 0 Å². The highest BCUT2D eigenvalue weighted by Gasteiger charge is 2.16. The third-order valence-electron chi connectivity index (χ3n) is 2.38. The van der Waals surface area contributed by atoms with Crippen molar-refractivity contribution in [3.05, 3.63) is 23.4 Å². The largest absolute Gasteiger partial charge is 0.478 e. The quantitative estimate of drug-likeness (QED) is 0.833. The molecule has 1 amide bonds. The van der Waals surface area contributed by atoms with Crippen LogP contribution in [0.5, 0.6) is 0 Å². The molecular weight excluding hydrogens is 234 g/mol. The standard InChI is InChI=1S/C12H17N3O3/c1-7-5-9(12(17)18)6-10(13-7)14-8(2)11(16)15(3)4/h5-6,8H,1-4H3,(H,13,14)(H,17,18). The van der Waals surface area contributed by atoms with Gasteiger partial charge in [0, 0.05) is 19.8 Å². The Labute approximate surface area is 106 Å². The summed E-state index contributed by atoms with van der Waals surface area (Å²) in [7, 11) is 3.32. The molecule has 18 heavy (non-hydrogen) atoms. The van der Waals surface area contributed by atoms with Crippen molar-refractivity contribution in [3.8, 4) is 0 Å². The van der Waals surface area contributed by atoms with E-state index in [1.54, 1.807) is 27.9 Å². The highest BCUT2D eigenvalue weighted by atomic mass is 16.4. The van der Waals surface area contributed by atoms with Crippen molar-refractivity contribution < 1.29 is 14.7 Å². The number of carbonyl (C=O) groups excluding carboxylic acids is 1. The number of hydrogen-bond donors (Lipinski definition) is 2. The van der Waals surface area contributed by atoms with E-state index in [0.717, 1.165) is 0 Å². The van der Waals surface area contributed by atoms with Crippen LogP contribution in [-0.2, 0) is 4.79 Å². The molecule has 1 atom stereocenters. The molecule has 2 N–H and O–H groups in total. The molecule has 0 bridgehead atoms. The number of nitrogens with zero attached hydrogens (tertiary/aromatic N) is 2. The number of carbonyl (C=O) groups is 2. The van der Waals surface area contributed by atoms with E-state index in [-0.39, 0.29) is 11.5 Å². The molecule has 0 fully saturated rings. The van der Waals surface area contributed by atoms with Crippen LogP contribution in [0.1, 0.15) is 23.0 Å². The van der Waals surface area contributed by atoms with Crippen molar-refractivity contribution in [1.29, 1.82) is 0 Å². The van der Waals surface area contributed by atoms with Crippen LogP contribution in [0.4, 0.5) is 5.82 Å². The average molecular weight is 251 g/mol. The molecule has 1 rings (SSSR count). The first-order valence-electron chi connectivity index (χ1n) is 5.51. The molecule has 0 saturated heterocycles. The number of hydrogen-bond acceptors (Lipinski definition) is 4. The molecule has 1 heterocycles. The molecule has 0 aromatic carbocycles. The van der Waals surface area contributed by atoms with Gasteiger partial charge >= 0.3 is 5.97 Å². The zero-order valence-corrected chi connectivity index (χ0v) is 10.9. The maximum absolute atomic E-state index is 11.7. The Morgan fingerprint density at radius 2 is 2.00 bits per heavy atom. The van der Waals surface area contributed by atoms with Crippen molar-refractivity contribution in [2.75, 3.05) is 19.4 Å². The van der Waals surface area contributed by atoms with Gasteiger partial charge in [0.15, 0.2) is 0 Å². The second-order valence-electron chi connectivity index (χ2n) is 4.29. The van der Waals surface area contributed by atoms with E-state index in [9.17, 15) is 9.59 Å². The molecule has 1 unspecified atom stereocenters. The molecule has 1 aromatic heterocycles. The SMILES string of the molecule is Cc1cc(C(=O)O)cc(NC(C)C(=O)N(C)C)n1. The number of carboxylic acid groups (broad SMARTS) is 1. The number of anilines is 1. The van der Waals surface area contributed by atoms with E-state index < -0.39 is 12.0 Å². The predicted molar refractivity (Wildman–Crippen MR) is 67.7 cm³/mol. The van der Waals surface area contributed by atoms with E-state index in [2.05, 4.69) is 10.3 Å². The summed E-state index contributed by atoms with van der Waals surface area (Å²) in [6.07, 6.45) is 0. The first kappa shape index (κ1) is 14.0. The van der Waals surface area contributed by atoms with Crippen LogP contribution in [0, 0.1) is 6.92 Å².